The third-order valence-corrected chi connectivity index (χ3v) is 3.32. The Hall–Kier alpha value is -1.02. The fraction of sp³-hybridized carbons (Fsp3) is 0.625. The lowest BCUT2D eigenvalue weighted by Crippen LogP contribution is -2.28. The number of rotatable bonds is 7. The molecule has 18 heavy (non-hydrogen) atoms. The molecule has 0 aliphatic heterocycles. The van der Waals surface area contributed by atoms with E-state index in [1.54, 1.807) is 0 Å². The molecular weight excluding hydrogens is 222 g/mol. The second kappa shape index (κ2) is 7.42. The minimum Gasteiger partial charge on any atom is -0.493 e. The first-order valence-corrected chi connectivity index (χ1v) is 6.98. The molecule has 0 amide bonds. The zero-order valence-electron chi connectivity index (χ0n) is 12.5. The Morgan fingerprint density at radius 3 is 2.61 bits per heavy atom. The zero-order valence-corrected chi connectivity index (χ0v) is 12.5. The summed E-state index contributed by atoms with van der Waals surface area (Å²) in [6.45, 7) is 12.7. The molecule has 0 aliphatic rings. The molecule has 0 bridgehead atoms. The van der Waals surface area contributed by atoms with Crippen molar-refractivity contribution in [2.24, 2.45) is 0 Å². The van der Waals surface area contributed by atoms with Crippen LogP contribution in [0.1, 0.15) is 43.4 Å². The van der Waals surface area contributed by atoms with Crippen molar-refractivity contribution in [3.8, 4) is 5.75 Å². The van der Waals surface area contributed by atoms with Gasteiger partial charge < -0.3 is 10.1 Å². The third-order valence-electron chi connectivity index (χ3n) is 3.32. The molecule has 0 saturated carbocycles. The van der Waals surface area contributed by atoms with Gasteiger partial charge in [0.25, 0.3) is 0 Å². The van der Waals surface area contributed by atoms with Crippen molar-refractivity contribution in [3.63, 3.8) is 0 Å². The fourth-order valence-corrected chi connectivity index (χ4v) is 1.99. The highest BCUT2D eigenvalue weighted by molar-refractivity contribution is 5.41. The molecule has 0 aliphatic carbocycles. The van der Waals surface area contributed by atoms with Crippen molar-refractivity contribution in [2.75, 3.05) is 13.2 Å². The number of aryl methyl sites for hydroxylation is 2. The molecular formula is C16H27NO. The summed E-state index contributed by atoms with van der Waals surface area (Å²) in [7, 11) is 0. The molecule has 1 aromatic rings. The summed E-state index contributed by atoms with van der Waals surface area (Å²) in [6.07, 6.45) is 2.23. The van der Waals surface area contributed by atoms with Crippen LogP contribution in [0.15, 0.2) is 12.1 Å². The SMILES string of the molecule is CCCNC(C)CCOc1cc(C)cc(C)c1C. The minimum atomic E-state index is 0.524. The highest BCUT2D eigenvalue weighted by Crippen LogP contribution is 2.23. The lowest BCUT2D eigenvalue weighted by molar-refractivity contribution is 0.288. The summed E-state index contributed by atoms with van der Waals surface area (Å²) >= 11 is 0. The Morgan fingerprint density at radius 2 is 1.94 bits per heavy atom. The first kappa shape index (κ1) is 15.0. The van der Waals surface area contributed by atoms with E-state index in [-0.39, 0.29) is 0 Å². The molecule has 2 nitrogen and oxygen atoms in total. The van der Waals surface area contributed by atoms with Gasteiger partial charge in [-0.05, 0) is 69.8 Å². The predicted octanol–water partition coefficient (Wildman–Crippen LogP) is 3.77. The van der Waals surface area contributed by atoms with Crippen LogP contribution >= 0.6 is 0 Å². The van der Waals surface area contributed by atoms with Crippen LogP contribution in [0.3, 0.4) is 0 Å². The molecule has 1 aromatic carbocycles. The Morgan fingerprint density at radius 1 is 1.22 bits per heavy atom. The molecule has 0 saturated heterocycles. The van der Waals surface area contributed by atoms with Crippen molar-refractivity contribution < 1.29 is 4.74 Å². The quantitative estimate of drug-likeness (QED) is 0.794. The standard InChI is InChI=1S/C16H27NO/c1-6-8-17-14(4)7-9-18-16-11-12(2)10-13(3)15(16)5/h10-11,14,17H,6-9H2,1-5H3. The van der Waals surface area contributed by atoms with Crippen LogP contribution in [0.4, 0.5) is 0 Å². The summed E-state index contributed by atoms with van der Waals surface area (Å²) < 4.78 is 5.91. The van der Waals surface area contributed by atoms with E-state index in [9.17, 15) is 0 Å². The summed E-state index contributed by atoms with van der Waals surface area (Å²) in [5.41, 5.74) is 3.84. The van der Waals surface area contributed by atoms with Gasteiger partial charge in [0.05, 0.1) is 6.61 Å². The predicted molar refractivity (Wildman–Crippen MR) is 78.5 cm³/mol. The van der Waals surface area contributed by atoms with Gasteiger partial charge >= 0.3 is 0 Å². The average Bonchev–Trinajstić information content (AvgIpc) is 2.32. The normalized spacial score (nSPS) is 12.5. The first-order chi connectivity index (χ1) is 8.54. The number of hydrogen-bond donors (Lipinski definition) is 1. The molecule has 0 radical (unpaired) electrons. The zero-order chi connectivity index (χ0) is 13.5. The van der Waals surface area contributed by atoms with E-state index in [1.807, 2.05) is 0 Å². The summed E-state index contributed by atoms with van der Waals surface area (Å²) in [6, 6.07) is 4.86. The van der Waals surface area contributed by atoms with Crippen LogP contribution in [0, 0.1) is 20.8 Å². The first-order valence-electron chi connectivity index (χ1n) is 6.98. The van der Waals surface area contributed by atoms with Crippen molar-refractivity contribution in [2.45, 2.75) is 53.5 Å². The van der Waals surface area contributed by atoms with E-state index in [1.165, 1.54) is 23.1 Å². The monoisotopic (exact) mass is 249 g/mol. The maximum atomic E-state index is 5.91. The van der Waals surface area contributed by atoms with Gasteiger partial charge in [0.15, 0.2) is 0 Å². The van der Waals surface area contributed by atoms with Gasteiger partial charge in [-0.2, -0.15) is 0 Å². The van der Waals surface area contributed by atoms with Gasteiger partial charge in [-0.3, -0.25) is 0 Å². The largest absolute Gasteiger partial charge is 0.493 e. The molecule has 2 heteroatoms. The minimum absolute atomic E-state index is 0.524. The van der Waals surface area contributed by atoms with Gasteiger partial charge in [-0.1, -0.05) is 13.0 Å². The van der Waals surface area contributed by atoms with E-state index in [4.69, 9.17) is 4.74 Å². The molecule has 0 spiro atoms. The fourth-order valence-electron chi connectivity index (χ4n) is 1.99. The molecule has 1 N–H and O–H groups in total. The number of benzene rings is 1. The van der Waals surface area contributed by atoms with Crippen LogP contribution < -0.4 is 10.1 Å². The molecule has 0 aromatic heterocycles. The van der Waals surface area contributed by atoms with Crippen LogP contribution in [-0.4, -0.2) is 19.2 Å². The van der Waals surface area contributed by atoms with Crippen molar-refractivity contribution in [1.29, 1.82) is 0 Å². The Kier molecular flexibility index (Phi) is 6.20. The van der Waals surface area contributed by atoms with Crippen molar-refractivity contribution in [1.82, 2.24) is 5.32 Å². The highest BCUT2D eigenvalue weighted by Gasteiger charge is 2.05. The lowest BCUT2D eigenvalue weighted by atomic mass is 10.1. The second-order valence-corrected chi connectivity index (χ2v) is 5.20. The van der Waals surface area contributed by atoms with Gasteiger partial charge in [0, 0.05) is 6.04 Å². The molecule has 102 valence electrons. The Labute approximate surface area is 112 Å². The molecule has 1 unspecified atom stereocenters. The van der Waals surface area contributed by atoms with E-state index in [0.29, 0.717) is 6.04 Å². The van der Waals surface area contributed by atoms with Crippen LogP contribution in [0.5, 0.6) is 5.75 Å². The van der Waals surface area contributed by atoms with Gasteiger partial charge in [0.2, 0.25) is 0 Å². The average molecular weight is 249 g/mol. The molecule has 0 heterocycles. The van der Waals surface area contributed by atoms with Crippen LogP contribution in [0.2, 0.25) is 0 Å². The Bertz CT molecular complexity index is 374. The molecule has 1 rings (SSSR count). The lowest BCUT2D eigenvalue weighted by Gasteiger charge is -2.16. The topological polar surface area (TPSA) is 21.3 Å². The van der Waals surface area contributed by atoms with E-state index in [0.717, 1.165) is 25.3 Å². The highest BCUT2D eigenvalue weighted by atomic mass is 16.5. The van der Waals surface area contributed by atoms with Gasteiger partial charge in [-0.15, -0.1) is 0 Å². The molecule has 0 fully saturated rings. The van der Waals surface area contributed by atoms with E-state index < -0.39 is 0 Å². The van der Waals surface area contributed by atoms with Gasteiger partial charge in [-0.25, -0.2) is 0 Å². The Balaban J connectivity index is 2.44. The van der Waals surface area contributed by atoms with Crippen LogP contribution in [-0.2, 0) is 0 Å². The molecule has 1 atom stereocenters. The van der Waals surface area contributed by atoms with Gasteiger partial charge in [0.1, 0.15) is 5.75 Å². The van der Waals surface area contributed by atoms with Crippen LogP contribution in [0.25, 0.3) is 0 Å². The summed E-state index contributed by atoms with van der Waals surface area (Å²) in [5.74, 6) is 1.04. The number of hydrogen-bond acceptors (Lipinski definition) is 2. The third kappa shape index (κ3) is 4.69. The van der Waals surface area contributed by atoms with E-state index >= 15 is 0 Å². The van der Waals surface area contributed by atoms with Crippen molar-refractivity contribution in [3.05, 3.63) is 28.8 Å². The number of ether oxygens (including phenoxy) is 1. The number of nitrogens with one attached hydrogen (secondary N) is 1. The maximum absolute atomic E-state index is 5.91. The van der Waals surface area contributed by atoms with Crippen molar-refractivity contribution >= 4 is 0 Å². The maximum Gasteiger partial charge on any atom is 0.122 e. The summed E-state index contributed by atoms with van der Waals surface area (Å²) in [5, 5.41) is 3.48. The second-order valence-electron chi connectivity index (χ2n) is 5.20. The van der Waals surface area contributed by atoms with E-state index in [2.05, 4.69) is 52.1 Å². The summed E-state index contributed by atoms with van der Waals surface area (Å²) in [4.78, 5) is 0. The smallest absolute Gasteiger partial charge is 0.122 e.